The monoisotopic (exact) mass is 310 g/mol. The minimum absolute atomic E-state index is 0.211. The third-order valence-electron chi connectivity index (χ3n) is 4.38. The Labute approximate surface area is 129 Å². The fraction of sp³-hybridized carbons (Fsp3) is 0.714. The highest BCUT2D eigenvalue weighted by Crippen LogP contribution is 2.33. The largest absolute Gasteiger partial charge is 0.375 e. The number of nitrogens with zero attached hydrogens (tertiary/aromatic N) is 4. The van der Waals surface area contributed by atoms with Gasteiger partial charge in [-0.05, 0) is 6.92 Å². The van der Waals surface area contributed by atoms with Gasteiger partial charge in [-0.3, -0.25) is 0 Å². The molecule has 3 unspecified atom stereocenters. The van der Waals surface area contributed by atoms with Crippen molar-refractivity contribution in [1.29, 1.82) is 0 Å². The number of piperidine rings is 1. The predicted octanol–water partition coefficient (Wildman–Crippen LogP) is 1.33. The Bertz CT molecular complexity index is 528. The molecule has 5 rings (SSSR count). The Morgan fingerprint density at radius 2 is 1.95 bits per heavy atom. The average Bonchev–Trinajstić information content (AvgIpc) is 2.47. The van der Waals surface area contributed by atoms with Crippen molar-refractivity contribution in [3.8, 4) is 0 Å². The van der Waals surface area contributed by atoms with Crippen LogP contribution in [0.25, 0.3) is 0 Å². The van der Waals surface area contributed by atoms with Gasteiger partial charge in [0.2, 0.25) is 0 Å². The predicted molar refractivity (Wildman–Crippen MR) is 80.2 cm³/mol. The van der Waals surface area contributed by atoms with E-state index in [1.54, 1.807) is 0 Å². The van der Waals surface area contributed by atoms with Gasteiger partial charge in [0.25, 0.3) is 0 Å². The van der Waals surface area contributed by atoms with E-state index in [1.807, 2.05) is 0 Å². The van der Waals surface area contributed by atoms with E-state index < -0.39 is 0 Å². The number of aromatic nitrogens is 2. The topological polar surface area (TPSA) is 50.7 Å². The molecule has 7 heteroatoms. The van der Waals surface area contributed by atoms with Crippen LogP contribution in [0, 0.1) is 0 Å². The van der Waals surface area contributed by atoms with Gasteiger partial charge in [-0.25, -0.2) is 0 Å². The molecule has 2 bridgehead atoms. The first-order valence-electron chi connectivity index (χ1n) is 7.49. The number of hydrogen-bond acceptors (Lipinski definition) is 6. The maximum Gasteiger partial charge on any atom is 0.175 e. The zero-order valence-corrected chi connectivity index (χ0v) is 12.8. The van der Waals surface area contributed by atoms with E-state index in [4.69, 9.17) is 21.1 Å². The first-order valence-corrected chi connectivity index (χ1v) is 7.87. The van der Waals surface area contributed by atoms with Gasteiger partial charge in [-0.1, -0.05) is 11.6 Å². The standard InChI is InChI=1S/C14H19ClN4O2/c1-9-6-18(2-3-20-9)12-5-13(16-17-14(12)15)19-7-10-4-11(8-19)21-10/h5,9-11H,2-4,6-8H2,1H3. The Hall–Kier alpha value is -1.11. The van der Waals surface area contributed by atoms with Crippen molar-refractivity contribution in [1.82, 2.24) is 10.2 Å². The van der Waals surface area contributed by atoms with E-state index in [-0.39, 0.29) is 6.10 Å². The molecule has 4 fully saturated rings. The summed E-state index contributed by atoms with van der Waals surface area (Å²) in [7, 11) is 0. The number of ether oxygens (including phenoxy) is 2. The van der Waals surface area contributed by atoms with Crippen LogP contribution in [0.1, 0.15) is 13.3 Å². The number of rotatable bonds is 2. The molecule has 0 spiro atoms. The molecule has 4 saturated heterocycles. The Kier molecular flexibility index (Phi) is 3.40. The molecule has 0 radical (unpaired) electrons. The molecular weight excluding hydrogens is 292 g/mol. The molecule has 4 aliphatic rings. The normalized spacial score (nSPS) is 32.0. The maximum atomic E-state index is 6.25. The average molecular weight is 311 g/mol. The van der Waals surface area contributed by atoms with Crippen molar-refractivity contribution in [3.63, 3.8) is 0 Å². The molecule has 4 aliphatic heterocycles. The maximum absolute atomic E-state index is 6.25. The van der Waals surface area contributed by atoms with Crippen LogP contribution in [-0.2, 0) is 9.47 Å². The number of halogens is 1. The second-order valence-electron chi connectivity index (χ2n) is 6.03. The van der Waals surface area contributed by atoms with Crippen molar-refractivity contribution in [2.24, 2.45) is 0 Å². The lowest BCUT2D eigenvalue weighted by molar-refractivity contribution is -0.133. The van der Waals surface area contributed by atoms with E-state index in [1.165, 1.54) is 6.42 Å². The second-order valence-corrected chi connectivity index (χ2v) is 6.38. The zero-order chi connectivity index (χ0) is 14.4. The summed E-state index contributed by atoms with van der Waals surface area (Å²) in [6, 6.07) is 2.05. The number of anilines is 2. The minimum atomic E-state index is 0.211. The molecule has 1 aromatic heterocycles. The summed E-state index contributed by atoms with van der Waals surface area (Å²) < 4.78 is 11.3. The van der Waals surface area contributed by atoms with Gasteiger partial charge < -0.3 is 19.3 Å². The minimum Gasteiger partial charge on any atom is -0.375 e. The molecule has 114 valence electrons. The molecule has 6 nitrogen and oxygen atoms in total. The van der Waals surface area contributed by atoms with Crippen LogP contribution in [0.4, 0.5) is 11.5 Å². The Morgan fingerprint density at radius 3 is 2.67 bits per heavy atom. The van der Waals surface area contributed by atoms with E-state index in [2.05, 4.69) is 33.0 Å². The van der Waals surface area contributed by atoms with Gasteiger partial charge in [0, 0.05) is 38.7 Å². The summed E-state index contributed by atoms with van der Waals surface area (Å²) in [4.78, 5) is 4.48. The molecule has 3 atom stereocenters. The number of fused-ring (bicyclic) bond motifs is 2. The quantitative estimate of drug-likeness (QED) is 0.821. The van der Waals surface area contributed by atoms with Gasteiger partial charge >= 0.3 is 0 Å². The van der Waals surface area contributed by atoms with Crippen LogP contribution >= 0.6 is 11.6 Å². The van der Waals surface area contributed by atoms with Gasteiger partial charge in [0.15, 0.2) is 11.0 Å². The third kappa shape index (κ3) is 2.56. The molecule has 21 heavy (non-hydrogen) atoms. The lowest BCUT2D eigenvalue weighted by Crippen LogP contribution is -2.57. The van der Waals surface area contributed by atoms with Crippen LogP contribution in [0.15, 0.2) is 6.07 Å². The SMILES string of the molecule is CC1CN(c2cc(N3CC4CC(C3)O4)nnc2Cl)CCO1. The van der Waals surface area contributed by atoms with Crippen molar-refractivity contribution in [3.05, 3.63) is 11.2 Å². The molecule has 0 saturated carbocycles. The molecule has 0 aromatic carbocycles. The van der Waals surface area contributed by atoms with Crippen LogP contribution in [0.2, 0.25) is 5.15 Å². The van der Waals surface area contributed by atoms with E-state index in [9.17, 15) is 0 Å². The van der Waals surface area contributed by atoms with Crippen molar-refractivity contribution in [2.75, 3.05) is 42.6 Å². The number of morpholine rings is 2. The van der Waals surface area contributed by atoms with Crippen LogP contribution < -0.4 is 9.80 Å². The van der Waals surface area contributed by atoms with Gasteiger partial charge in [-0.2, -0.15) is 0 Å². The van der Waals surface area contributed by atoms with Gasteiger partial charge in [0.1, 0.15) is 0 Å². The first-order chi connectivity index (χ1) is 10.2. The van der Waals surface area contributed by atoms with Gasteiger partial charge in [-0.15, -0.1) is 10.2 Å². The third-order valence-corrected chi connectivity index (χ3v) is 4.65. The van der Waals surface area contributed by atoms with E-state index in [0.29, 0.717) is 17.4 Å². The fourth-order valence-corrected chi connectivity index (χ4v) is 3.53. The van der Waals surface area contributed by atoms with E-state index >= 15 is 0 Å². The van der Waals surface area contributed by atoms with Crippen molar-refractivity contribution < 1.29 is 9.47 Å². The van der Waals surface area contributed by atoms with Gasteiger partial charge in [0.05, 0.1) is 30.6 Å². The lowest BCUT2D eigenvalue weighted by atomic mass is 9.99. The molecule has 1 aromatic rings. The van der Waals surface area contributed by atoms with E-state index in [0.717, 1.165) is 44.3 Å². The first kappa shape index (κ1) is 13.5. The second kappa shape index (κ2) is 5.26. The highest BCUT2D eigenvalue weighted by molar-refractivity contribution is 6.32. The summed E-state index contributed by atoms with van der Waals surface area (Å²) in [5.74, 6) is 0.895. The molecule has 5 heterocycles. The summed E-state index contributed by atoms with van der Waals surface area (Å²) in [6.45, 7) is 6.25. The zero-order valence-electron chi connectivity index (χ0n) is 12.0. The molecule has 0 amide bonds. The van der Waals surface area contributed by atoms with Crippen LogP contribution in [0.5, 0.6) is 0 Å². The van der Waals surface area contributed by atoms with Crippen molar-refractivity contribution in [2.45, 2.75) is 31.7 Å². The van der Waals surface area contributed by atoms with Crippen molar-refractivity contribution >= 4 is 23.1 Å². The Balaban J connectivity index is 1.57. The molecular formula is C14H19ClN4O2. The smallest absolute Gasteiger partial charge is 0.175 e. The van der Waals surface area contributed by atoms with Crippen LogP contribution in [-0.4, -0.2) is 61.3 Å². The summed E-state index contributed by atoms with van der Waals surface area (Å²) >= 11 is 6.25. The highest BCUT2D eigenvalue weighted by Gasteiger charge is 2.39. The molecule has 0 N–H and O–H groups in total. The fourth-order valence-electron chi connectivity index (χ4n) is 3.31. The summed E-state index contributed by atoms with van der Waals surface area (Å²) in [5.41, 5.74) is 0.956. The highest BCUT2D eigenvalue weighted by atomic mass is 35.5. The summed E-state index contributed by atoms with van der Waals surface area (Å²) in [6.07, 6.45) is 2.09. The Morgan fingerprint density at radius 1 is 1.19 bits per heavy atom. The summed E-state index contributed by atoms with van der Waals surface area (Å²) in [5, 5.41) is 8.87. The molecule has 0 aliphatic carbocycles. The van der Waals surface area contributed by atoms with Crippen LogP contribution in [0.3, 0.4) is 0 Å². The number of hydrogen-bond donors (Lipinski definition) is 0. The lowest BCUT2D eigenvalue weighted by Gasteiger charge is -2.47.